The molecule has 7 heteroatoms. The number of allylic oxidation sites excluding steroid dienone is 7. The summed E-state index contributed by atoms with van der Waals surface area (Å²) in [5.41, 5.74) is 11.0. The Morgan fingerprint density at radius 3 is 2.77 bits per heavy atom. The van der Waals surface area contributed by atoms with Crippen molar-refractivity contribution in [1.82, 2.24) is 10.6 Å². The average Bonchev–Trinajstić information content (AvgIpc) is 2.63. The smallest absolute Gasteiger partial charge is 0.173 e. The molecule has 0 radical (unpaired) electrons. The zero-order chi connectivity index (χ0) is 19.1. The highest BCUT2D eigenvalue weighted by Gasteiger charge is 2.17. The second kappa shape index (κ2) is 8.59. The number of hydrogen-bond acceptors (Lipinski definition) is 4. The van der Waals surface area contributed by atoms with Crippen molar-refractivity contribution in [2.24, 2.45) is 10.7 Å². The molecule has 0 aliphatic carbocycles. The van der Waals surface area contributed by atoms with Crippen LogP contribution in [0.2, 0.25) is 0 Å². The first-order valence-electron chi connectivity index (χ1n) is 8.13. The standard InChI is InChI=1S/C19H23N7/c1-12(2)13(8-20)7-18(22)26-19-5-4-16-17(25-19)6-14(11-24-16)15(9-21)10-23-3/h4-11,20-21,23-25H,1H2,2-3H3,(H2,22,26)/p+2. The van der Waals surface area contributed by atoms with Gasteiger partial charge in [-0.15, -0.1) is 0 Å². The van der Waals surface area contributed by atoms with Crippen LogP contribution in [-0.4, -0.2) is 25.3 Å². The summed E-state index contributed by atoms with van der Waals surface area (Å²) in [6.07, 6.45) is 14.0. The normalized spacial score (nSPS) is 17.5. The molecule has 0 aromatic rings. The van der Waals surface area contributed by atoms with Crippen LogP contribution in [0, 0.1) is 5.41 Å². The van der Waals surface area contributed by atoms with Crippen molar-refractivity contribution in [2.75, 3.05) is 7.05 Å². The van der Waals surface area contributed by atoms with Crippen molar-refractivity contribution < 1.29 is 10.7 Å². The molecule has 0 saturated carbocycles. The number of quaternary nitrogens is 1. The molecular formula is C19H25N7+2. The fourth-order valence-electron chi connectivity index (χ4n) is 2.37. The van der Waals surface area contributed by atoms with Gasteiger partial charge in [-0.25, -0.2) is 4.99 Å². The van der Waals surface area contributed by atoms with Crippen molar-refractivity contribution in [3.05, 3.63) is 82.8 Å². The highest BCUT2D eigenvalue weighted by atomic mass is 15.1. The van der Waals surface area contributed by atoms with E-state index in [1.54, 1.807) is 12.3 Å². The molecule has 0 saturated heterocycles. The zero-order valence-electron chi connectivity index (χ0n) is 15.0. The summed E-state index contributed by atoms with van der Waals surface area (Å²) in [5.74, 6) is 0.894. The number of nitrogens with zero attached hydrogens (tertiary/aromatic N) is 1. The van der Waals surface area contributed by atoms with Crippen molar-refractivity contribution in [3.8, 4) is 0 Å². The Morgan fingerprint density at radius 1 is 1.38 bits per heavy atom. The van der Waals surface area contributed by atoms with E-state index in [0.29, 0.717) is 17.2 Å². The molecule has 2 aliphatic rings. The fourth-order valence-corrected chi connectivity index (χ4v) is 2.37. The van der Waals surface area contributed by atoms with E-state index in [4.69, 9.17) is 16.6 Å². The Kier molecular flexibility index (Phi) is 6.24. The maximum absolute atomic E-state index is 7.39. The van der Waals surface area contributed by atoms with Crippen molar-refractivity contribution >= 4 is 18.3 Å². The summed E-state index contributed by atoms with van der Waals surface area (Å²) in [5, 5.41) is 21.5. The maximum Gasteiger partial charge on any atom is 0.173 e. The van der Waals surface area contributed by atoms with E-state index in [0.717, 1.165) is 28.1 Å². The van der Waals surface area contributed by atoms with Gasteiger partial charge in [-0.3, -0.25) is 5.41 Å². The Labute approximate surface area is 153 Å². The van der Waals surface area contributed by atoms with Crippen molar-refractivity contribution in [3.63, 3.8) is 0 Å². The zero-order valence-corrected chi connectivity index (χ0v) is 15.0. The van der Waals surface area contributed by atoms with Gasteiger partial charge >= 0.3 is 0 Å². The number of rotatable bonds is 7. The van der Waals surface area contributed by atoms with Crippen LogP contribution in [-0.2, 0) is 0 Å². The van der Waals surface area contributed by atoms with Crippen molar-refractivity contribution in [2.45, 2.75) is 6.92 Å². The fraction of sp³-hybridized carbons (Fsp3) is 0.105. The average molecular weight is 351 g/mol. The van der Waals surface area contributed by atoms with Gasteiger partial charge in [0.05, 0.1) is 24.0 Å². The Bertz CT molecular complexity index is 845. The van der Waals surface area contributed by atoms with Gasteiger partial charge in [0.15, 0.2) is 6.21 Å². The summed E-state index contributed by atoms with van der Waals surface area (Å²) in [4.78, 5) is 4.36. The third-order valence-electron chi connectivity index (χ3n) is 3.70. The predicted molar refractivity (Wildman–Crippen MR) is 106 cm³/mol. The van der Waals surface area contributed by atoms with Crippen LogP contribution in [0.25, 0.3) is 0 Å². The van der Waals surface area contributed by atoms with E-state index in [1.807, 2.05) is 49.9 Å². The minimum absolute atomic E-state index is 0.290. The Balaban J connectivity index is 2.25. The third-order valence-corrected chi connectivity index (χ3v) is 3.70. The number of nitrogens with two attached hydrogens (primary N) is 3. The van der Waals surface area contributed by atoms with Crippen LogP contribution in [0.5, 0.6) is 0 Å². The van der Waals surface area contributed by atoms with E-state index in [-0.39, 0.29) is 0 Å². The second-order valence-electron chi connectivity index (χ2n) is 5.74. The quantitative estimate of drug-likeness (QED) is 0.202. The van der Waals surface area contributed by atoms with E-state index in [9.17, 15) is 0 Å². The molecule has 2 rings (SSSR count). The second-order valence-corrected chi connectivity index (χ2v) is 5.74. The minimum Gasteiger partial charge on any atom is -0.384 e. The van der Waals surface area contributed by atoms with E-state index < -0.39 is 0 Å². The van der Waals surface area contributed by atoms with Gasteiger partial charge in [-0.05, 0) is 42.4 Å². The van der Waals surface area contributed by atoms with Gasteiger partial charge in [-0.1, -0.05) is 6.58 Å². The first-order valence-corrected chi connectivity index (χ1v) is 8.13. The van der Waals surface area contributed by atoms with Crippen LogP contribution in [0.4, 0.5) is 0 Å². The Hall–Kier alpha value is -3.45. The van der Waals surface area contributed by atoms with Gasteiger partial charge in [0.25, 0.3) is 0 Å². The lowest BCUT2D eigenvalue weighted by atomic mass is 10.0. The molecule has 0 bridgehead atoms. The summed E-state index contributed by atoms with van der Waals surface area (Å²) in [6, 6.07) is 0. The molecular weight excluding hydrogens is 326 g/mol. The number of nitrogens with one attached hydrogen (secondary N) is 3. The summed E-state index contributed by atoms with van der Waals surface area (Å²) >= 11 is 0. The van der Waals surface area contributed by atoms with E-state index in [1.165, 1.54) is 6.21 Å². The lowest BCUT2D eigenvalue weighted by Gasteiger charge is -2.22. The number of hydrogen-bond donors (Lipinski definition) is 6. The number of fused-ring (bicyclic) bond motifs is 1. The summed E-state index contributed by atoms with van der Waals surface area (Å²) < 4.78 is 0. The third kappa shape index (κ3) is 4.55. The molecule has 7 nitrogen and oxygen atoms in total. The van der Waals surface area contributed by atoms with Gasteiger partial charge in [-0.2, -0.15) is 0 Å². The van der Waals surface area contributed by atoms with Crippen LogP contribution in [0.15, 0.2) is 87.8 Å². The van der Waals surface area contributed by atoms with E-state index >= 15 is 0 Å². The molecule has 0 amide bonds. The lowest BCUT2D eigenvalue weighted by molar-refractivity contribution is -0.556. The van der Waals surface area contributed by atoms with Crippen molar-refractivity contribution in [1.29, 1.82) is 5.41 Å². The first kappa shape index (κ1) is 18.9. The van der Waals surface area contributed by atoms with Gasteiger partial charge in [0, 0.05) is 18.0 Å². The van der Waals surface area contributed by atoms with Gasteiger partial charge < -0.3 is 27.1 Å². The number of dihydropyridines is 2. The number of amidine groups is 1. The molecule has 134 valence electrons. The SMILES string of the molecule is C=C(C)C(C=N)=CC(N)=NC1=CC=C2NC=C(C(C=[NH2+])=C[NH2+]C)C=C2N1. The highest BCUT2D eigenvalue weighted by Crippen LogP contribution is 2.22. The molecule has 26 heavy (non-hydrogen) atoms. The van der Waals surface area contributed by atoms with Gasteiger partial charge in [0.1, 0.15) is 17.9 Å². The molecule has 9 N–H and O–H groups in total. The van der Waals surface area contributed by atoms with Crippen LogP contribution >= 0.6 is 0 Å². The number of aliphatic imine (C=N–C) groups is 1. The molecule has 0 aromatic carbocycles. The van der Waals surface area contributed by atoms with Crippen LogP contribution < -0.4 is 27.1 Å². The molecule has 2 aliphatic heterocycles. The largest absolute Gasteiger partial charge is 0.384 e. The van der Waals surface area contributed by atoms with Gasteiger partial charge in [0.2, 0.25) is 0 Å². The lowest BCUT2D eigenvalue weighted by Crippen LogP contribution is -2.73. The molecule has 0 spiro atoms. The van der Waals surface area contributed by atoms with E-state index in [2.05, 4.69) is 22.2 Å². The maximum atomic E-state index is 7.39. The molecule has 2 heterocycles. The molecule has 0 atom stereocenters. The molecule has 0 aromatic heterocycles. The summed E-state index contributed by atoms with van der Waals surface area (Å²) in [7, 11) is 1.94. The van der Waals surface area contributed by atoms with Crippen LogP contribution in [0.3, 0.4) is 0 Å². The minimum atomic E-state index is 0.290. The molecule has 0 fully saturated rings. The molecule has 0 unspecified atom stereocenters. The predicted octanol–water partition coefficient (Wildman–Crippen LogP) is -0.898. The highest BCUT2D eigenvalue weighted by molar-refractivity contribution is 5.99. The van der Waals surface area contributed by atoms with Crippen LogP contribution in [0.1, 0.15) is 6.92 Å². The monoisotopic (exact) mass is 351 g/mol. The first-order chi connectivity index (χ1) is 12.5. The Morgan fingerprint density at radius 2 is 2.15 bits per heavy atom. The topological polar surface area (TPSA) is 128 Å². The summed E-state index contributed by atoms with van der Waals surface area (Å²) in [6.45, 7) is 5.63.